The van der Waals surface area contributed by atoms with Gasteiger partial charge in [0.2, 0.25) is 24.0 Å². The first-order valence-electron chi connectivity index (χ1n) is 9.85. The van der Waals surface area contributed by atoms with Gasteiger partial charge in [-0.3, -0.25) is 0 Å². The number of thiazole rings is 1. The van der Waals surface area contributed by atoms with Crippen molar-refractivity contribution in [2.45, 2.75) is 54.8 Å². The molecule has 2 atom stereocenters. The van der Waals surface area contributed by atoms with Crippen molar-refractivity contribution >= 4 is 36.0 Å². The zero-order valence-corrected chi connectivity index (χ0v) is 19.7. The Balaban J connectivity index is 2.16. The predicted octanol–water partition coefficient (Wildman–Crippen LogP) is 3.95. The van der Waals surface area contributed by atoms with Crippen molar-refractivity contribution in [3.63, 3.8) is 0 Å². The van der Waals surface area contributed by atoms with Gasteiger partial charge in [-0.2, -0.15) is 0 Å². The maximum Gasteiger partial charge on any atom is 0.226 e. The molecule has 1 saturated heterocycles. The van der Waals surface area contributed by atoms with Gasteiger partial charge in [-0.25, -0.2) is 21.8 Å². The third-order valence-electron chi connectivity index (χ3n) is 5.04. The van der Waals surface area contributed by atoms with E-state index in [2.05, 4.69) is 18.8 Å². The number of sulfone groups is 2. The summed E-state index contributed by atoms with van der Waals surface area (Å²) in [7, 11) is -7.54. The van der Waals surface area contributed by atoms with Gasteiger partial charge in [0.25, 0.3) is 0 Å². The fourth-order valence-corrected chi connectivity index (χ4v) is 8.31. The van der Waals surface area contributed by atoms with Gasteiger partial charge in [0.1, 0.15) is 5.00 Å². The molecule has 2 heterocycles. The van der Waals surface area contributed by atoms with E-state index < -0.39 is 19.7 Å². The molecule has 3 rings (SSSR count). The molecular weight excluding hydrogens is 428 g/mol. The van der Waals surface area contributed by atoms with Crippen LogP contribution in [0.4, 0.5) is 5.00 Å². The normalized spacial score (nSPS) is 20.8. The molecule has 0 unspecified atom stereocenters. The Kier molecular flexibility index (Phi) is 6.41. The molecule has 0 spiro atoms. The molecule has 29 heavy (non-hydrogen) atoms. The van der Waals surface area contributed by atoms with Gasteiger partial charge in [0.15, 0.2) is 5.03 Å². The van der Waals surface area contributed by atoms with E-state index in [0.717, 1.165) is 23.3 Å². The summed E-state index contributed by atoms with van der Waals surface area (Å²) >= 11 is 0.989. The Bertz CT molecular complexity index is 1060. The molecule has 0 saturated carbocycles. The van der Waals surface area contributed by atoms with Crippen LogP contribution < -0.4 is 4.90 Å². The highest BCUT2D eigenvalue weighted by Gasteiger charge is 2.34. The second-order valence-corrected chi connectivity index (χ2v) is 13.2. The number of benzene rings is 1. The molecule has 0 bridgehead atoms. The average molecular weight is 457 g/mol. The van der Waals surface area contributed by atoms with Crippen LogP contribution in [0.3, 0.4) is 0 Å². The van der Waals surface area contributed by atoms with Crippen LogP contribution in [-0.4, -0.2) is 40.7 Å². The van der Waals surface area contributed by atoms with E-state index in [-0.39, 0.29) is 20.0 Å². The van der Waals surface area contributed by atoms with Gasteiger partial charge in [0.05, 0.1) is 10.6 Å². The van der Waals surface area contributed by atoms with Crippen LogP contribution in [0.15, 0.2) is 38.5 Å². The van der Waals surface area contributed by atoms with Crippen molar-refractivity contribution in [2.75, 3.05) is 23.7 Å². The molecule has 1 fully saturated rings. The Morgan fingerprint density at radius 3 is 2.21 bits per heavy atom. The molecule has 6 nitrogen and oxygen atoms in total. The van der Waals surface area contributed by atoms with Crippen LogP contribution >= 0.6 is 11.3 Å². The first-order chi connectivity index (χ1) is 13.5. The van der Waals surface area contributed by atoms with Crippen LogP contribution in [0.5, 0.6) is 0 Å². The van der Waals surface area contributed by atoms with Gasteiger partial charge < -0.3 is 4.90 Å². The summed E-state index contributed by atoms with van der Waals surface area (Å²) in [6.07, 6.45) is 1.52. The molecule has 1 aromatic heterocycles. The minimum absolute atomic E-state index is 0.0449. The molecule has 9 heteroatoms. The van der Waals surface area contributed by atoms with Crippen LogP contribution in [0.1, 0.15) is 39.2 Å². The van der Waals surface area contributed by atoms with Gasteiger partial charge in [-0.15, -0.1) is 0 Å². The van der Waals surface area contributed by atoms with E-state index in [1.807, 2.05) is 11.8 Å². The Morgan fingerprint density at radius 1 is 1.07 bits per heavy atom. The lowest BCUT2D eigenvalue weighted by Gasteiger charge is -2.35. The number of hydrogen-bond acceptors (Lipinski definition) is 7. The summed E-state index contributed by atoms with van der Waals surface area (Å²) in [5, 5.41) is 0.306. The quantitative estimate of drug-likeness (QED) is 0.654. The van der Waals surface area contributed by atoms with E-state index in [1.54, 1.807) is 31.2 Å². The second kappa shape index (κ2) is 8.35. The zero-order valence-electron chi connectivity index (χ0n) is 17.3. The molecule has 1 aliphatic rings. The first kappa shape index (κ1) is 22.2. The van der Waals surface area contributed by atoms with E-state index in [9.17, 15) is 16.8 Å². The van der Waals surface area contributed by atoms with Gasteiger partial charge in [0, 0.05) is 13.1 Å². The van der Waals surface area contributed by atoms with Crippen molar-refractivity contribution in [1.29, 1.82) is 0 Å². The predicted molar refractivity (Wildman–Crippen MR) is 116 cm³/mol. The number of aryl methyl sites for hydroxylation is 1. The number of piperidine rings is 1. The lowest BCUT2D eigenvalue weighted by Crippen LogP contribution is -2.38. The van der Waals surface area contributed by atoms with Crippen molar-refractivity contribution in [3.8, 4) is 0 Å². The van der Waals surface area contributed by atoms with Gasteiger partial charge in [-0.1, -0.05) is 49.8 Å². The maximum atomic E-state index is 13.4. The standard InChI is InChI=1S/C20H28N2O4S3/c1-5-10-28(23,24)20-21-18(29(25,26)17-8-6-14(2)7-9-17)19(27-20)22-12-15(3)11-16(4)13-22/h6-9,15-16H,5,10-13H2,1-4H3/t15-,16-/m0/s1. The Hall–Kier alpha value is -1.45. The minimum Gasteiger partial charge on any atom is -0.360 e. The molecule has 160 valence electrons. The zero-order chi connectivity index (χ0) is 21.4. The summed E-state index contributed by atoms with van der Waals surface area (Å²) in [6.45, 7) is 9.31. The topological polar surface area (TPSA) is 84.4 Å². The first-order valence-corrected chi connectivity index (χ1v) is 13.8. The third-order valence-corrected chi connectivity index (χ3v) is 10.3. The highest BCUT2D eigenvalue weighted by molar-refractivity contribution is 7.94. The van der Waals surface area contributed by atoms with Gasteiger partial charge >= 0.3 is 0 Å². The highest BCUT2D eigenvalue weighted by atomic mass is 32.2. The van der Waals surface area contributed by atoms with Crippen LogP contribution in [0.2, 0.25) is 0 Å². The number of aromatic nitrogens is 1. The van der Waals surface area contributed by atoms with Gasteiger partial charge in [-0.05, 0) is 43.7 Å². The third kappa shape index (κ3) is 4.67. The number of anilines is 1. The van der Waals surface area contributed by atoms with Crippen LogP contribution in [0, 0.1) is 18.8 Å². The minimum atomic E-state index is -3.93. The molecule has 0 N–H and O–H groups in total. The van der Waals surface area contributed by atoms with E-state index in [1.165, 1.54) is 0 Å². The Labute approximate surface area is 177 Å². The summed E-state index contributed by atoms with van der Waals surface area (Å²) in [4.78, 5) is 6.33. The summed E-state index contributed by atoms with van der Waals surface area (Å²) < 4.78 is 52.0. The number of nitrogens with zero attached hydrogens (tertiary/aromatic N) is 2. The fraction of sp³-hybridized carbons (Fsp3) is 0.550. The van der Waals surface area contributed by atoms with Crippen molar-refractivity contribution < 1.29 is 16.8 Å². The maximum absolute atomic E-state index is 13.4. The molecular formula is C20H28N2O4S3. The second-order valence-electron chi connectivity index (χ2n) is 8.08. The average Bonchev–Trinajstić information content (AvgIpc) is 3.08. The van der Waals surface area contributed by atoms with E-state index in [4.69, 9.17) is 0 Å². The summed E-state index contributed by atoms with van der Waals surface area (Å²) in [5.41, 5.74) is 0.951. The fourth-order valence-electron chi connectivity index (χ4n) is 3.80. The van der Waals surface area contributed by atoms with E-state index in [0.29, 0.717) is 36.3 Å². The van der Waals surface area contributed by atoms with Crippen LogP contribution in [-0.2, 0) is 19.7 Å². The van der Waals surface area contributed by atoms with Crippen molar-refractivity contribution in [1.82, 2.24) is 4.98 Å². The highest BCUT2D eigenvalue weighted by Crippen LogP contribution is 2.40. The number of hydrogen-bond donors (Lipinski definition) is 0. The summed E-state index contributed by atoms with van der Waals surface area (Å²) in [5.74, 6) is 0.745. The van der Waals surface area contributed by atoms with E-state index >= 15 is 0 Å². The molecule has 0 amide bonds. The molecule has 0 aliphatic carbocycles. The van der Waals surface area contributed by atoms with Crippen molar-refractivity contribution in [3.05, 3.63) is 29.8 Å². The van der Waals surface area contributed by atoms with Crippen LogP contribution in [0.25, 0.3) is 0 Å². The molecule has 0 radical (unpaired) electrons. The summed E-state index contributed by atoms with van der Waals surface area (Å²) in [6, 6.07) is 6.57. The lowest BCUT2D eigenvalue weighted by atomic mass is 9.92. The molecule has 1 aliphatic heterocycles. The number of rotatable bonds is 6. The molecule has 1 aromatic carbocycles. The molecule has 2 aromatic rings. The monoisotopic (exact) mass is 456 g/mol. The largest absolute Gasteiger partial charge is 0.360 e. The SMILES string of the molecule is CCCS(=O)(=O)c1nc(S(=O)(=O)c2ccc(C)cc2)c(N2C[C@@H](C)C[C@H](C)C2)s1. The Morgan fingerprint density at radius 2 is 1.66 bits per heavy atom. The van der Waals surface area contributed by atoms with Crippen molar-refractivity contribution in [2.24, 2.45) is 11.8 Å². The smallest absolute Gasteiger partial charge is 0.226 e. The lowest BCUT2D eigenvalue weighted by molar-refractivity contribution is 0.357.